The van der Waals surface area contributed by atoms with Gasteiger partial charge in [-0.2, -0.15) is 0 Å². The smallest absolute Gasteiger partial charge is 0.156 e. The maximum absolute atomic E-state index is 9.82. The number of hydrogen-bond donors (Lipinski definition) is 1. The zero-order valence-electron chi connectivity index (χ0n) is 11.1. The molecule has 98 valence electrons. The Kier molecular flexibility index (Phi) is 6.45. The van der Waals surface area contributed by atoms with Crippen LogP contribution in [0.15, 0.2) is 24.3 Å². The lowest BCUT2D eigenvalue weighted by Gasteiger charge is -2.09. The van der Waals surface area contributed by atoms with E-state index in [1.54, 1.807) is 0 Å². The van der Waals surface area contributed by atoms with Gasteiger partial charge in [-0.15, -0.1) is 0 Å². The molecule has 18 heavy (non-hydrogen) atoms. The zero-order chi connectivity index (χ0) is 13.4. The molecule has 1 aromatic carbocycles. The van der Waals surface area contributed by atoms with E-state index >= 15 is 0 Å². The van der Waals surface area contributed by atoms with E-state index < -0.39 is 6.10 Å². The fraction of sp³-hybridized carbons (Fsp3) is 0.467. The van der Waals surface area contributed by atoms with Crippen LogP contribution in [0.25, 0.3) is 0 Å². The van der Waals surface area contributed by atoms with Crippen molar-refractivity contribution < 1.29 is 14.6 Å². The van der Waals surface area contributed by atoms with Crippen molar-refractivity contribution in [2.75, 3.05) is 13.2 Å². The molecule has 0 aliphatic carbocycles. The highest BCUT2D eigenvalue weighted by atomic mass is 16.7. The third-order valence-corrected chi connectivity index (χ3v) is 2.42. The predicted octanol–water partition coefficient (Wildman–Crippen LogP) is 2.43. The third kappa shape index (κ3) is 5.33. The van der Waals surface area contributed by atoms with Crippen LogP contribution in [-0.2, 0) is 9.47 Å². The Morgan fingerprint density at radius 3 is 2.50 bits per heavy atom. The van der Waals surface area contributed by atoms with E-state index in [-0.39, 0.29) is 12.9 Å². The topological polar surface area (TPSA) is 38.7 Å². The molecule has 2 atom stereocenters. The first kappa shape index (κ1) is 14.7. The lowest BCUT2D eigenvalue weighted by molar-refractivity contribution is -0.117. The Morgan fingerprint density at radius 1 is 1.22 bits per heavy atom. The number of hydrogen-bond acceptors (Lipinski definition) is 3. The standard InChI is InChI=1S/C15H20O3/c1-4-17-13(3)18-11-5-6-15(16)14-9-7-12(2)8-10-14/h7-10,13,15-16H,4,11H2,1-3H3. The van der Waals surface area contributed by atoms with Crippen molar-refractivity contribution in [2.24, 2.45) is 0 Å². The zero-order valence-corrected chi connectivity index (χ0v) is 11.1. The normalized spacial score (nSPS) is 13.6. The van der Waals surface area contributed by atoms with E-state index in [1.165, 1.54) is 0 Å². The molecule has 0 radical (unpaired) electrons. The number of benzene rings is 1. The predicted molar refractivity (Wildman–Crippen MR) is 71.0 cm³/mol. The van der Waals surface area contributed by atoms with Crippen molar-refractivity contribution in [3.63, 3.8) is 0 Å². The van der Waals surface area contributed by atoms with E-state index in [2.05, 4.69) is 11.8 Å². The van der Waals surface area contributed by atoms with Crippen molar-refractivity contribution in [1.82, 2.24) is 0 Å². The lowest BCUT2D eigenvalue weighted by Crippen LogP contribution is -2.12. The summed E-state index contributed by atoms with van der Waals surface area (Å²) < 4.78 is 10.5. The van der Waals surface area contributed by atoms with Crippen molar-refractivity contribution in [3.8, 4) is 11.8 Å². The van der Waals surface area contributed by atoms with Gasteiger partial charge in [-0.3, -0.25) is 0 Å². The number of rotatable bonds is 5. The molecule has 0 amide bonds. The Bertz CT molecular complexity index is 400. The average molecular weight is 248 g/mol. The first-order valence-electron chi connectivity index (χ1n) is 6.09. The Labute approximate surface area is 109 Å². The molecule has 1 rings (SSSR count). The Morgan fingerprint density at radius 2 is 1.89 bits per heavy atom. The summed E-state index contributed by atoms with van der Waals surface area (Å²) in [7, 11) is 0. The second-order valence-electron chi connectivity index (χ2n) is 3.97. The first-order chi connectivity index (χ1) is 8.63. The van der Waals surface area contributed by atoms with Gasteiger partial charge in [0.05, 0.1) is 0 Å². The summed E-state index contributed by atoms with van der Waals surface area (Å²) in [4.78, 5) is 0. The van der Waals surface area contributed by atoms with Crippen LogP contribution in [0.1, 0.15) is 31.1 Å². The summed E-state index contributed by atoms with van der Waals surface area (Å²) in [5, 5.41) is 9.82. The van der Waals surface area contributed by atoms with Crippen LogP contribution in [-0.4, -0.2) is 24.6 Å². The molecule has 0 fully saturated rings. The number of aliphatic hydroxyl groups excluding tert-OH is 1. The van der Waals surface area contributed by atoms with Crippen LogP contribution in [0.4, 0.5) is 0 Å². The molecule has 0 heterocycles. The number of ether oxygens (including phenoxy) is 2. The van der Waals surface area contributed by atoms with Crippen molar-refractivity contribution in [3.05, 3.63) is 35.4 Å². The van der Waals surface area contributed by atoms with E-state index in [4.69, 9.17) is 9.47 Å². The molecule has 3 heteroatoms. The van der Waals surface area contributed by atoms with E-state index in [9.17, 15) is 5.11 Å². The van der Waals surface area contributed by atoms with Gasteiger partial charge in [0.15, 0.2) is 6.29 Å². The largest absolute Gasteiger partial charge is 0.376 e. The van der Waals surface area contributed by atoms with Crippen molar-refractivity contribution in [2.45, 2.75) is 33.2 Å². The maximum Gasteiger partial charge on any atom is 0.156 e. The molecule has 0 aliphatic heterocycles. The van der Waals surface area contributed by atoms with Gasteiger partial charge in [0, 0.05) is 6.61 Å². The number of aryl methyl sites for hydroxylation is 1. The Balaban J connectivity index is 2.40. The van der Waals surface area contributed by atoms with Crippen LogP contribution in [0.3, 0.4) is 0 Å². The molecule has 3 nitrogen and oxygen atoms in total. The van der Waals surface area contributed by atoms with Crippen LogP contribution in [0.2, 0.25) is 0 Å². The molecule has 1 aromatic rings. The van der Waals surface area contributed by atoms with Crippen LogP contribution < -0.4 is 0 Å². The maximum atomic E-state index is 9.82. The van der Waals surface area contributed by atoms with E-state index in [0.29, 0.717) is 6.61 Å². The molecule has 0 saturated heterocycles. The van der Waals surface area contributed by atoms with E-state index in [0.717, 1.165) is 11.1 Å². The summed E-state index contributed by atoms with van der Waals surface area (Å²) in [6.07, 6.45) is -1.03. The number of aliphatic hydroxyl groups is 1. The Hall–Kier alpha value is -1.34. The monoisotopic (exact) mass is 248 g/mol. The van der Waals surface area contributed by atoms with Gasteiger partial charge in [-0.05, 0) is 26.3 Å². The highest BCUT2D eigenvalue weighted by molar-refractivity contribution is 5.28. The molecule has 2 unspecified atom stereocenters. The minimum absolute atomic E-state index is 0.254. The van der Waals surface area contributed by atoms with Gasteiger partial charge in [-0.25, -0.2) is 0 Å². The summed E-state index contributed by atoms with van der Waals surface area (Å²) in [6.45, 7) is 6.60. The minimum Gasteiger partial charge on any atom is -0.376 e. The SMILES string of the molecule is CCOC(C)OCC#CC(O)c1ccc(C)cc1. The average Bonchev–Trinajstić information content (AvgIpc) is 2.35. The van der Waals surface area contributed by atoms with Gasteiger partial charge in [0.1, 0.15) is 12.7 Å². The summed E-state index contributed by atoms with van der Waals surface area (Å²) in [5.41, 5.74) is 1.96. The fourth-order valence-electron chi connectivity index (χ4n) is 1.41. The quantitative estimate of drug-likeness (QED) is 0.642. The second-order valence-corrected chi connectivity index (χ2v) is 3.97. The van der Waals surface area contributed by atoms with Gasteiger partial charge < -0.3 is 14.6 Å². The molecule has 0 spiro atoms. The first-order valence-corrected chi connectivity index (χ1v) is 6.09. The highest BCUT2D eigenvalue weighted by Gasteiger charge is 2.02. The summed E-state index contributed by atoms with van der Waals surface area (Å²) >= 11 is 0. The van der Waals surface area contributed by atoms with Gasteiger partial charge in [0.25, 0.3) is 0 Å². The summed E-state index contributed by atoms with van der Waals surface area (Å²) in [6, 6.07) is 7.65. The van der Waals surface area contributed by atoms with Gasteiger partial charge in [0.2, 0.25) is 0 Å². The molecule has 0 bridgehead atoms. The third-order valence-electron chi connectivity index (χ3n) is 2.42. The van der Waals surface area contributed by atoms with Crippen LogP contribution in [0.5, 0.6) is 0 Å². The van der Waals surface area contributed by atoms with Gasteiger partial charge in [-0.1, -0.05) is 41.7 Å². The molecular formula is C15H20O3. The molecule has 0 aromatic heterocycles. The second kappa shape index (κ2) is 7.88. The molecule has 1 N–H and O–H groups in total. The molecule has 0 saturated carbocycles. The summed E-state index contributed by atoms with van der Waals surface area (Å²) in [5.74, 6) is 5.53. The minimum atomic E-state index is -0.767. The molecule has 0 aliphatic rings. The van der Waals surface area contributed by atoms with Crippen LogP contribution >= 0.6 is 0 Å². The van der Waals surface area contributed by atoms with Crippen LogP contribution in [0, 0.1) is 18.8 Å². The van der Waals surface area contributed by atoms with Crippen molar-refractivity contribution >= 4 is 0 Å². The van der Waals surface area contributed by atoms with Crippen molar-refractivity contribution in [1.29, 1.82) is 0 Å². The lowest BCUT2D eigenvalue weighted by atomic mass is 10.1. The van der Waals surface area contributed by atoms with Gasteiger partial charge >= 0.3 is 0 Å². The molecular weight excluding hydrogens is 228 g/mol. The fourth-order valence-corrected chi connectivity index (χ4v) is 1.41. The van der Waals surface area contributed by atoms with E-state index in [1.807, 2.05) is 45.0 Å². The highest BCUT2D eigenvalue weighted by Crippen LogP contribution is 2.12.